The number of anilines is 1. The van der Waals surface area contributed by atoms with Gasteiger partial charge in [-0.1, -0.05) is 30.2 Å². The first-order valence-corrected chi connectivity index (χ1v) is 11.7. The summed E-state index contributed by atoms with van der Waals surface area (Å²) in [4.78, 5) is 17.0. The molecule has 0 bridgehead atoms. The van der Waals surface area contributed by atoms with E-state index in [4.69, 9.17) is 0 Å². The normalized spacial score (nSPS) is 15.9. The highest BCUT2D eigenvalue weighted by Gasteiger charge is 2.26. The first kappa shape index (κ1) is 19.9. The molecule has 0 saturated carbocycles. The van der Waals surface area contributed by atoms with Gasteiger partial charge in [0.2, 0.25) is 10.0 Å². The Morgan fingerprint density at radius 2 is 1.83 bits per heavy atom. The van der Waals surface area contributed by atoms with Crippen LogP contribution in [0, 0.1) is 5.82 Å². The van der Waals surface area contributed by atoms with Crippen molar-refractivity contribution in [3.63, 3.8) is 0 Å². The number of hydrogen-bond donors (Lipinski definition) is 1. The lowest BCUT2D eigenvalue weighted by atomic mass is 10.2. The number of carbonyl (C=O) groups excluding carboxylic acids is 1. The fourth-order valence-electron chi connectivity index (χ4n) is 3.35. The SMILES string of the molecule is O=C(Nc1nc2ccc(F)cc2s1)c1cccc(S(=O)(=O)N2CCCCCC2)c1. The van der Waals surface area contributed by atoms with E-state index in [1.807, 2.05) is 0 Å². The molecule has 0 aliphatic carbocycles. The second kappa shape index (κ2) is 8.17. The van der Waals surface area contributed by atoms with E-state index in [-0.39, 0.29) is 16.3 Å². The summed E-state index contributed by atoms with van der Waals surface area (Å²) in [7, 11) is -3.64. The molecule has 1 saturated heterocycles. The monoisotopic (exact) mass is 433 g/mol. The van der Waals surface area contributed by atoms with Gasteiger partial charge in [0, 0.05) is 18.7 Å². The second-order valence-corrected chi connectivity index (χ2v) is 9.90. The van der Waals surface area contributed by atoms with Gasteiger partial charge in [-0.25, -0.2) is 17.8 Å². The predicted octanol–water partition coefficient (Wildman–Crippen LogP) is 4.25. The highest BCUT2D eigenvalue weighted by molar-refractivity contribution is 7.89. The Morgan fingerprint density at radius 1 is 1.07 bits per heavy atom. The summed E-state index contributed by atoms with van der Waals surface area (Å²) in [6.45, 7) is 1.00. The summed E-state index contributed by atoms with van der Waals surface area (Å²) >= 11 is 1.16. The molecule has 2 heterocycles. The third-order valence-electron chi connectivity index (χ3n) is 4.87. The van der Waals surface area contributed by atoms with Crippen LogP contribution >= 0.6 is 11.3 Å². The minimum absolute atomic E-state index is 0.110. The number of hydrogen-bond acceptors (Lipinski definition) is 5. The lowest BCUT2D eigenvalue weighted by Crippen LogP contribution is -2.32. The zero-order valence-corrected chi connectivity index (χ0v) is 17.2. The van der Waals surface area contributed by atoms with E-state index in [2.05, 4.69) is 10.3 Å². The molecule has 3 aromatic rings. The van der Waals surface area contributed by atoms with Crippen molar-refractivity contribution in [1.82, 2.24) is 9.29 Å². The van der Waals surface area contributed by atoms with E-state index in [0.29, 0.717) is 28.4 Å². The molecule has 0 radical (unpaired) electrons. The Morgan fingerprint density at radius 3 is 2.59 bits per heavy atom. The standard InChI is InChI=1S/C20H20FN3O3S2/c21-15-8-9-17-18(13-15)28-20(22-17)23-19(25)14-6-5-7-16(12-14)29(26,27)24-10-3-1-2-4-11-24/h5-9,12-13H,1-4,10-11H2,(H,22,23,25). The molecule has 2 aromatic carbocycles. The van der Waals surface area contributed by atoms with E-state index in [1.54, 1.807) is 18.2 Å². The molecule has 152 valence electrons. The summed E-state index contributed by atoms with van der Waals surface area (Å²) < 4.78 is 41.4. The van der Waals surface area contributed by atoms with Crippen molar-refractivity contribution in [2.45, 2.75) is 30.6 Å². The Balaban J connectivity index is 1.56. The van der Waals surface area contributed by atoms with Crippen LogP contribution in [-0.2, 0) is 10.0 Å². The fraction of sp³-hybridized carbons (Fsp3) is 0.300. The topological polar surface area (TPSA) is 79.4 Å². The molecule has 1 N–H and O–H groups in total. The molecule has 29 heavy (non-hydrogen) atoms. The van der Waals surface area contributed by atoms with E-state index in [1.165, 1.54) is 28.6 Å². The number of nitrogens with one attached hydrogen (secondary N) is 1. The van der Waals surface area contributed by atoms with Crippen molar-refractivity contribution in [3.8, 4) is 0 Å². The van der Waals surface area contributed by atoms with Crippen LogP contribution in [0.5, 0.6) is 0 Å². The number of sulfonamides is 1. The molecule has 1 aromatic heterocycles. The Labute approximate surface area is 172 Å². The Kier molecular flexibility index (Phi) is 5.62. The van der Waals surface area contributed by atoms with Gasteiger partial charge in [0.1, 0.15) is 5.82 Å². The predicted molar refractivity (Wildman–Crippen MR) is 111 cm³/mol. The number of thiazole rings is 1. The number of aromatic nitrogens is 1. The summed E-state index contributed by atoms with van der Waals surface area (Å²) in [5.41, 5.74) is 0.815. The molecule has 0 unspecified atom stereocenters. The van der Waals surface area contributed by atoms with Crippen LogP contribution in [0.2, 0.25) is 0 Å². The molecule has 0 spiro atoms. The van der Waals surface area contributed by atoms with Crippen LogP contribution in [0.3, 0.4) is 0 Å². The fourth-order valence-corrected chi connectivity index (χ4v) is 5.80. The number of benzene rings is 2. The maximum absolute atomic E-state index is 13.3. The van der Waals surface area contributed by atoms with Gasteiger partial charge < -0.3 is 0 Å². The van der Waals surface area contributed by atoms with Gasteiger partial charge >= 0.3 is 0 Å². The second-order valence-electron chi connectivity index (χ2n) is 6.93. The van der Waals surface area contributed by atoms with Crippen molar-refractivity contribution < 1.29 is 17.6 Å². The first-order chi connectivity index (χ1) is 13.9. The molecule has 1 aliphatic heterocycles. The van der Waals surface area contributed by atoms with Crippen molar-refractivity contribution in [3.05, 3.63) is 53.8 Å². The van der Waals surface area contributed by atoms with Crippen LogP contribution < -0.4 is 5.32 Å². The molecule has 1 fully saturated rings. The van der Waals surface area contributed by atoms with Crippen molar-refractivity contribution in [2.75, 3.05) is 18.4 Å². The van der Waals surface area contributed by atoms with Crippen LogP contribution in [0.25, 0.3) is 10.2 Å². The number of rotatable bonds is 4. The van der Waals surface area contributed by atoms with Crippen LogP contribution in [0.15, 0.2) is 47.4 Å². The highest BCUT2D eigenvalue weighted by Crippen LogP contribution is 2.27. The highest BCUT2D eigenvalue weighted by atomic mass is 32.2. The zero-order chi connectivity index (χ0) is 20.4. The molecular formula is C20H20FN3O3S2. The lowest BCUT2D eigenvalue weighted by molar-refractivity contribution is 0.102. The molecule has 1 amide bonds. The van der Waals surface area contributed by atoms with Crippen molar-refractivity contribution in [2.24, 2.45) is 0 Å². The smallest absolute Gasteiger partial charge is 0.257 e. The first-order valence-electron chi connectivity index (χ1n) is 9.41. The van der Waals surface area contributed by atoms with Gasteiger partial charge in [0.25, 0.3) is 5.91 Å². The van der Waals surface area contributed by atoms with Gasteiger partial charge in [0.15, 0.2) is 5.13 Å². The maximum Gasteiger partial charge on any atom is 0.257 e. The largest absolute Gasteiger partial charge is 0.298 e. The minimum Gasteiger partial charge on any atom is -0.298 e. The van der Waals surface area contributed by atoms with Gasteiger partial charge in [-0.15, -0.1) is 0 Å². The summed E-state index contributed by atoms with van der Waals surface area (Å²) in [5.74, 6) is -0.831. The summed E-state index contributed by atoms with van der Waals surface area (Å²) in [6.07, 6.45) is 3.75. The third kappa shape index (κ3) is 4.31. The molecule has 0 atom stereocenters. The van der Waals surface area contributed by atoms with E-state index in [9.17, 15) is 17.6 Å². The number of carbonyl (C=O) groups is 1. The van der Waals surface area contributed by atoms with Crippen molar-refractivity contribution in [1.29, 1.82) is 0 Å². The number of halogens is 1. The molecular weight excluding hydrogens is 413 g/mol. The van der Waals surface area contributed by atoms with Crippen LogP contribution in [0.1, 0.15) is 36.0 Å². The van der Waals surface area contributed by atoms with E-state index in [0.717, 1.165) is 37.0 Å². The van der Waals surface area contributed by atoms with Gasteiger partial charge in [-0.3, -0.25) is 10.1 Å². The molecule has 1 aliphatic rings. The summed E-state index contributed by atoms with van der Waals surface area (Å²) in [6, 6.07) is 10.2. The molecule has 6 nitrogen and oxygen atoms in total. The zero-order valence-electron chi connectivity index (χ0n) is 15.6. The van der Waals surface area contributed by atoms with Crippen LogP contribution in [0.4, 0.5) is 9.52 Å². The number of nitrogens with zero attached hydrogens (tertiary/aromatic N) is 2. The van der Waals surface area contributed by atoms with Gasteiger partial charge in [-0.05, 0) is 49.2 Å². The van der Waals surface area contributed by atoms with E-state index >= 15 is 0 Å². The maximum atomic E-state index is 13.3. The Bertz CT molecular complexity index is 1150. The van der Waals surface area contributed by atoms with Crippen molar-refractivity contribution >= 4 is 42.6 Å². The van der Waals surface area contributed by atoms with Crippen LogP contribution in [-0.4, -0.2) is 36.7 Å². The summed E-state index contributed by atoms with van der Waals surface area (Å²) in [5, 5.41) is 3.00. The van der Waals surface area contributed by atoms with Gasteiger partial charge in [0.05, 0.1) is 15.1 Å². The minimum atomic E-state index is -3.64. The average Bonchev–Trinajstić information content (AvgIpc) is 2.91. The van der Waals surface area contributed by atoms with E-state index < -0.39 is 15.9 Å². The third-order valence-corrected chi connectivity index (χ3v) is 7.70. The average molecular weight is 434 g/mol. The molecule has 4 rings (SSSR count). The number of fused-ring (bicyclic) bond motifs is 1. The number of amides is 1. The quantitative estimate of drug-likeness (QED) is 0.667. The molecule has 9 heteroatoms. The van der Waals surface area contributed by atoms with Gasteiger partial charge in [-0.2, -0.15) is 4.31 Å². The lowest BCUT2D eigenvalue weighted by Gasteiger charge is -2.20. The Hall–Kier alpha value is -2.36.